The van der Waals surface area contributed by atoms with Crippen molar-refractivity contribution < 1.29 is 27.5 Å². The molecular formula is C57H58N3OPt-. The minimum absolute atomic E-state index is 0. The number of phenols is 1. The van der Waals surface area contributed by atoms with E-state index in [9.17, 15) is 6.48 Å². The summed E-state index contributed by atoms with van der Waals surface area (Å²) in [6.45, 7) is 23.7. The van der Waals surface area contributed by atoms with Crippen molar-refractivity contribution in [2.45, 2.75) is 98.3 Å². The smallest absolute Gasteiger partial charge is 0.148 e. The average molecular weight is 997 g/mol. The Kier molecular flexibility index (Phi) is 11.8. The minimum atomic E-state index is -0.915. The van der Waals surface area contributed by atoms with Crippen LogP contribution >= 0.6 is 0 Å². The third kappa shape index (κ3) is 8.73. The first kappa shape index (κ1) is 43.1. The molecule has 1 N–H and O–H groups in total. The molecule has 0 spiro atoms. The molecule has 8 aromatic rings. The number of rotatable bonds is 7. The standard InChI is InChI=1S/C57H58N3O.Pt/c1-36(2)47-35-44(25-26-45(47)38-21-16-13-17-22-38)60-51-24-18-23-46(52(51)59-54(60)48-33-43(56(6,7)8)34-49(53(48)61)57(9,10)11)40-29-41(31-42(30-40)55(3,4)5)50-32-39(27-28-58-50)37-19-14-12-15-20-37;/h12-28,30-36,61H,1-11H3;/q-1;/i36D;. The first-order chi connectivity index (χ1) is 29.2. The van der Waals surface area contributed by atoms with Crippen LogP contribution in [0.5, 0.6) is 5.75 Å². The molecule has 318 valence electrons. The Balaban J connectivity index is 0.00000595. The molecule has 5 heteroatoms. The molecule has 0 aliphatic heterocycles. The van der Waals surface area contributed by atoms with Crippen LogP contribution in [0.1, 0.15) is 106 Å². The summed E-state index contributed by atoms with van der Waals surface area (Å²) in [6.07, 6.45) is 1.88. The summed E-state index contributed by atoms with van der Waals surface area (Å²) in [5.41, 5.74) is 14.4. The Morgan fingerprint density at radius 3 is 1.85 bits per heavy atom. The summed E-state index contributed by atoms with van der Waals surface area (Å²) in [7, 11) is 0. The van der Waals surface area contributed by atoms with Crippen molar-refractivity contribution in [3.8, 4) is 67.5 Å². The minimum Gasteiger partial charge on any atom is -0.507 e. The van der Waals surface area contributed by atoms with Crippen LogP contribution < -0.4 is 0 Å². The summed E-state index contributed by atoms with van der Waals surface area (Å²) in [4.78, 5) is 10.5. The number of nitrogens with zero attached hydrogens (tertiary/aromatic N) is 3. The monoisotopic (exact) mass is 996 g/mol. The van der Waals surface area contributed by atoms with Gasteiger partial charge >= 0.3 is 0 Å². The third-order valence-corrected chi connectivity index (χ3v) is 11.8. The van der Waals surface area contributed by atoms with Gasteiger partial charge in [-0.3, -0.25) is 9.55 Å². The van der Waals surface area contributed by atoms with Gasteiger partial charge in [-0.2, -0.15) is 0 Å². The zero-order valence-corrected chi connectivity index (χ0v) is 40.2. The maximum absolute atomic E-state index is 12.4. The predicted octanol–water partition coefficient (Wildman–Crippen LogP) is 15.3. The van der Waals surface area contributed by atoms with Crippen LogP contribution in [0.4, 0.5) is 0 Å². The molecule has 0 aliphatic carbocycles. The fraction of sp³-hybridized carbons (Fsp3) is 0.263. The molecule has 0 aliphatic rings. The Morgan fingerprint density at radius 1 is 0.597 bits per heavy atom. The van der Waals surface area contributed by atoms with Gasteiger partial charge in [-0.05, 0) is 85.9 Å². The van der Waals surface area contributed by atoms with Crippen LogP contribution in [0, 0.1) is 6.07 Å². The number of fused-ring (bicyclic) bond motifs is 1. The zero-order chi connectivity index (χ0) is 44.4. The number of aromatic hydroxyl groups is 1. The van der Waals surface area contributed by atoms with Crippen molar-refractivity contribution in [3.63, 3.8) is 0 Å². The number of imidazole rings is 1. The van der Waals surface area contributed by atoms with Crippen LogP contribution in [-0.4, -0.2) is 19.6 Å². The topological polar surface area (TPSA) is 50.9 Å². The van der Waals surface area contributed by atoms with Crippen molar-refractivity contribution in [3.05, 3.63) is 168 Å². The van der Waals surface area contributed by atoms with Gasteiger partial charge in [0.2, 0.25) is 0 Å². The number of aromatic nitrogens is 3. The van der Waals surface area contributed by atoms with Crippen LogP contribution in [0.25, 0.3) is 72.7 Å². The molecule has 0 unspecified atom stereocenters. The predicted molar refractivity (Wildman–Crippen MR) is 257 cm³/mol. The largest absolute Gasteiger partial charge is 0.507 e. The van der Waals surface area contributed by atoms with E-state index in [0.717, 1.165) is 83.6 Å². The molecule has 0 atom stereocenters. The quantitative estimate of drug-likeness (QED) is 0.162. The molecule has 0 saturated heterocycles. The third-order valence-electron chi connectivity index (χ3n) is 11.8. The zero-order valence-electron chi connectivity index (χ0n) is 38.9. The van der Waals surface area contributed by atoms with Gasteiger partial charge in [0.25, 0.3) is 0 Å². The number of para-hydroxylation sites is 1. The van der Waals surface area contributed by atoms with Crippen molar-refractivity contribution >= 4 is 11.0 Å². The van der Waals surface area contributed by atoms with E-state index in [1.165, 1.54) is 0 Å². The second-order valence-corrected chi connectivity index (χ2v) is 19.7. The summed E-state index contributed by atoms with van der Waals surface area (Å²) < 4.78 is 11.6. The second-order valence-electron chi connectivity index (χ2n) is 19.7. The average Bonchev–Trinajstić information content (AvgIpc) is 3.62. The van der Waals surface area contributed by atoms with Gasteiger partial charge in [0.15, 0.2) is 0 Å². The number of hydrogen-bond acceptors (Lipinski definition) is 3. The fourth-order valence-corrected chi connectivity index (χ4v) is 8.20. The van der Waals surface area contributed by atoms with Gasteiger partial charge < -0.3 is 5.11 Å². The van der Waals surface area contributed by atoms with E-state index in [2.05, 4.69) is 182 Å². The molecule has 0 fully saturated rings. The van der Waals surface area contributed by atoms with E-state index in [0.29, 0.717) is 11.4 Å². The number of phenolic OH excluding ortho intramolecular Hbond substituents is 1. The molecule has 4 nitrogen and oxygen atoms in total. The number of hydrogen-bond donors (Lipinski definition) is 1. The Bertz CT molecular complexity index is 2940. The SMILES string of the molecule is [2H]C(C)(C)c1cc(-n2c(-c3cc(C(C)(C)C)cc(C(C)(C)C)c3O)nc3c(-c4[c-]c(-c5cc(-c6ccccc6)ccn5)cc(C(C)(C)C)c4)cccc32)ccc1-c1ccccc1.[Pt]. The van der Waals surface area contributed by atoms with Gasteiger partial charge in [-0.25, -0.2) is 4.98 Å². The summed E-state index contributed by atoms with van der Waals surface area (Å²) >= 11 is 0. The van der Waals surface area contributed by atoms with E-state index in [4.69, 9.17) is 9.97 Å². The van der Waals surface area contributed by atoms with Crippen LogP contribution in [0.2, 0.25) is 0 Å². The molecule has 0 bridgehead atoms. The Morgan fingerprint density at radius 2 is 1.23 bits per heavy atom. The van der Waals surface area contributed by atoms with Crippen LogP contribution in [0.3, 0.4) is 0 Å². The summed E-state index contributed by atoms with van der Waals surface area (Å²) in [6, 6.07) is 50.1. The fourth-order valence-electron chi connectivity index (χ4n) is 8.20. The van der Waals surface area contributed by atoms with E-state index in [-0.39, 0.29) is 43.1 Å². The maximum Gasteiger partial charge on any atom is 0.148 e. The Labute approximate surface area is 384 Å². The van der Waals surface area contributed by atoms with E-state index in [1.54, 1.807) is 0 Å². The van der Waals surface area contributed by atoms with Crippen molar-refractivity contribution in [2.24, 2.45) is 0 Å². The molecule has 8 rings (SSSR count). The second kappa shape index (κ2) is 16.9. The van der Waals surface area contributed by atoms with Gasteiger partial charge in [-0.1, -0.05) is 178 Å². The maximum atomic E-state index is 12.4. The van der Waals surface area contributed by atoms with Gasteiger partial charge in [0.05, 0.1) is 16.6 Å². The van der Waals surface area contributed by atoms with Gasteiger partial charge in [0, 0.05) is 45.6 Å². The number of pyridine rings is 1. The van der Waals surface area contributed by atoms with Gasteiger partial charge in [-0.15, -0.1) is 29.3 Å². The van der Waals surface area contributed by atoms with Crippen molar-refractivity contribution in [1.82, 2.24) is 14.5 Å². The van der Waals surface area contributed by atoms with E-state index in [1.807, 2.05) is 44.3 Å². The van der Waals surface area contributed by atoms with Crippen LogP contribution in [-0.2, 0) is 37.3 Å². The first-order valence-electron chi connectivity index (χ1n) is 21.9. The van der Waals surface area contributed by atoms with Gasteiger partial charge in [0.1, 0.15) is 11.6 Å². The van der Waals surface area contributed by atoms with Crippen molar-refractivity contribution in [1.29, 1.82) is 0 Å². The molecule has 0 saturated carbocycles. The molecule has 2 heterocycles. The summed E-state index contributed by atoms with van der Waals surface area (Å²) in [5, 5.41) is 12.4. The van der Waals surface area contributed by atoms with E-state index < -0.39 is 5.89 Å². The molecular weight excluding hydrogens is 938 g/mol. The van der Waals surface area contributed by atoms with Crippen LogP contribution in [0.15, 0.2) is 140 Å². The number of benzene rings is 6. The summed E-state index contributed by atoms with van der Waals surface area (Å²) in [5.74, 6) is -0.0630. The Hall–Kier alpha value is -5.57. The molecule has 2 aromatic heterocycles. The molecule has 6 aromatic carbocycles. The molecule has 0 amide bonds. The first-order valence-corrected chi connectivity index (χ1v) is 21.4. The molecule has 62 heavy (non-hydrogen) atoms. The normalized spacial score (nSPS) is 12.6. The van der Waals surface area contributed by atoms with E-state index >= 15 is 0 Å². The molecule has 0 radical (unpaired) electrons. The van der Waals surface area contributed by atoms with Crippen molar-refractivity contribution in [2.75, 3.05) is 0 Å².